The molecule has 1 aromatic carbocycles. The average molecular weight is 560 g/mol. The van der Waals surface area contributed by atoms with E-state index in [1.165, 1.54) is 13.8 Å². The largest absolute Gasteiger partial charge is 0.509 e. The number of esters is 2. The van der Waals surface area contributed by atoms with Gasteiger partial charge in [-0.15, -0.1) is 0 Å². The molecule has 11 nitrogen and oxygen atoms in total. The highest BCUT2D eigenvalue weighted by atomic mass is 16.7. The number of aliphatic hydroxyl groups is 2. The van der Waals surface area contributed by atoms with Crippen LogP contribution in [0.4, 0.5) is 4.79 Å². The average Bonchev–Trinajstić information content (AvgIpc) is 3.22. The first-order valence-corrected chi connectivity index (χ1v) is 13.6. The molecular weight excluding hydrogens is 522 g/mol. The van der Waals surface area contributed by atoms with Gasteiger partial charge in [0.15, 0.2) is 18.3 Å². The van der Waals surface area contributed by atoms with Gasteiger partial charge in [-0.05, 0) is 72.7 Å². The standard InChI is InChI=1S/C29H37NO10/c1-15(36-24(32)16(2)37-26(34)40-27(3,4)5)25(33)38-19-9-10-29(35)20-13-17-7-8-18(14-31)22-21(17)28(29,23(19)39-22)11-12-30(20)6/h7-9,15-16,20,23,31,35H,10-14H2,1-6H3/t15-,16-,20+,23-,28-,29+/m0/s1. The van der Waals surface area contributed by atoms with E-state index in [2.05, 4.69) is 4.90 Å². The molecule has 0 aromatic heterocycles. The SMILES string of the molecule is C[C@H](OC(=O)OC(C)(C)C)C(=O)O[C@@H](C)C(=O)OC1=CC[C@@]2(O)[C@H]3Cc4ccc(CO)c5c4[C@@]2(CCN3C)[C@H]1O5. The van der Waals surface area contributed by atoms with Gasteiger partial charge >= 0.3 is 18.1 Å². The molecule has 6 atom stereocenters. The zero-order valence-electron chi connectivity index (χ0n) is 23.7. The molecule has 0 saturated carbocycles. The van der Waals surface area contributed by atoms with Crippen LogP contribution in [0.5, 0.6) is 5.75 Å². The van der Waals surface area contributed by atoms with Gasteiger partial charge in [0.1, 0.15) is 17.1 Å². The van der Waals surface area contributed by atoms with Gasteiger partial charge in [0, 0.05) is 23.6 Å². The Morgan fingerprint density at radius 2 is 1.85 bits per heavy atom. The molecule has 40 heavy (non-hydrogen) atoms. The number of hydrogen-bond acceptors (Lipinski definition) is 11. The zero-order chi connectivity index (χ0) is 29.2. The van der Waals surface area contributed by atoms with Crippen LogP contribution in [0.1, 0.15) is 64.2 Å². The van der Waals surface area contributed by atoms with Crippen molar-refractivity contribution in [2.45, 2.75) is 101 Å². The number of benzene rings is 1. The Labute approximate surface area is 233 Å². The number of piperidine rings is 1. The fraction of sp³-hybridized carbons (Fsp3) is 0.621. The third-order valence-corrected chi connectivity index (χ3v) is 8.46. The van der Waals surface area contributed by atoms with Crippen molar-refractivity contribution in [1.29, 1.82) is 0 Å². The molecule has 1 spiro atoms. The number of hydrogen-bond donors (Lipinski definition) is 2. The lowest BCUT2D eigenvalue weighted by Crippen LogP contribution is -2.74. The predicted molar refractivity (Wildman–Crippen MR) is 139 cm³/mol. The van der Waals surface area contributed by atoms with Crippen LogP contribution in [0.2, 0.25) is 0 Å². The minimum absolute atomic E-state index is 0.161. The number of ether oxygens (including phenoxy) is 5. The maximum Gasteiger partial charge on any atom is 0.509 e. The fourth-order valence-corrected chi connectivity index (χ4v) is 6.62. The predicted octanol–water partition coefficient (Wildman–Crippen LogP) is 2.27. The molecule has 2 heterocycles. The number of likely N-dealkylation sites (tertiary alicyclic amines) is 1. The van der Waals surface area contributed by atoms with Crippen LogP contribution in [0.15, 0.2) is 24.0 Å². The minimum atomic E-state index is -1.32. The molecule has 2 aliphatic heterocycles. The van der Waals surface area contributed by atoms with E-state index < -0.39 is 53.0 Å². The summed E-state index contributed by atoms with van der Waals surface area (Å²) in [6.07, 6.45) is -1.35. The Bertz CT molecular complexity index is 1270. The highest BCUT2D eigenvalue weighted by Crippen LogP contribution is 2.64. The molecule has 5 rings (SSSR count). The van der Waals surface area contributed by atoms with E-state index in [-0.39, 0.29) is 24.8 Å². The lowest BCUT2D eigenvalue weighted by atomic mass is 9.50. The molecule has 1 aromatic rings. The van der Waals surface area contributed by atoms with Crippen molar-refractivity contribution >= 4 is 18.1 Å². The molecule has 1 fully saturated rings. The molecule has 0 amide bonds. The van der Waals surface area contributed by atoms with Crippen LogP contribution in [0.3, 0.4) is 0 Å². The first-order valence-electron chi connectivity index (χ1n) is 13.6. The van der Waals surface area contributed by atoms with Gasteiger partial charge in [0.2, 0.25) is 0 Å². The monoisotopic (exact) mass is 559 g/mol. The quantitative estimate of drug-likeness (QED) is 0.392. The number of nitrogens with zero attached hydrogens (tertiary/aromatic N) is 1. The Morgan fingerprint density at radius 1 is 1.15 bits per heavy atom. The molecule has 1 saturated heterocycles. The number of aliphatic hydroxyl groups excluding tert-OH is 1. The van der Waals surface area contributed by atoms with Crippen LogP contribution in [0.25, 0.3) is 0 Å². The van der Waals surface area contributed by atoms with Gasteiger partial charge in [0.05, 0.1) is 17.6 Å². The van der Waals surface area contributed by atoms with E-state index >= 15 is 0 Å². The molecule has 0 unspecified atom stereocenters. The molecule has 2 bridgehead atoms. The second kappa shape index (κ2) is 9.74. The van der Waals surface area contributed by atoms with Crippen LogP contribution in [-0.2, 0) is 47.0 Å². The summed E-state index contributed by atoms with van der Waals surface area (Å²) >= 11 is 0. The smallest absolute Gasteiger partial charge is 0.481 e. The molecule has 2 aliphatic carbocycles. The molecule has 0 radical (unpaired) electrons. The highest BCUT2D eigenvalue weighted by molar-refractivity contribution is 5.82. The summed E-state index contributed by atoms with van der Waals surface area (Å²) in [5.74, 6) is -1.02. The third-order valence-electron chi connectivity index (χ3n) is 8.46. The van der Waals surface area contributed by atoms with Crippen molar-refractivity contribution in [1.82, 2.24) is 4.90 Å². The van der Waals surface area contributed by atoms with E-state index in [9.17, 15) is 24.6 Å². The Kier molecular flexibility index (Phi) is 6.91. The zero-order valence-corrected chi connectivity index (χ0v) is 23.7. The van der Waals surface area contributed by atoms with Crippen LogP contribution < -0.4 is 4.74 Å². The van der Waals surface area contributed by atoms with E-state index in [0.717, 1.165) is 11.1 Å². The van der Waals surface area contributed by atoms with Crippen molar-refractivity contribution in [2.24, 2.45) is 0 Å². The van der Waals surface area contributed by atoms with Gasteiger partial charge in [-0.3, -0.25) is 0 Å². The molecule has 218 valence electrons. The molecule has 4 aliphatic rings. The van der Waals surface area contributed by atoms with Crippen molar-refractivity contribution in [2.75, 3.05) is 13.6 Å². The molecule has 2 N–H and O–H groups in total. The van der Waals surface area contributed by atoms with Gasteiger partial charge in [-0.2, -0.15) is 0 Å². The second-order valence-corrected chi connectivity index (χ2v) is 12.1. The van der Waals surface area contributed by atoms with Gasteiger partial charge < -0.3 is 38.8 Å². The number of carbonyl (C=O) groups excluding carboxylic acids is 3. The summed E-state index contributed by atoms with van der Waals surface area (Å²) in [5.41, 5.74) is -0.300. The summed E-state index contributed by atoms with van der Waals surface area (Å²) in [7, 11) is 2.00. The minimum Gasteiger partial charge on any atom is -0.481 e. The lowest BCUT2D eigenvalue weighted by molar-refractivity contribution is -0.178. The molecular formula is C29H37NO10. The topological polar surface area (TPSA) is 141 Å². The maximum absolute atomic E-state index is 13.1. The summed E-state index contributed by atoms with van der Waals surface area (Å²) in [5, 5.41) is 22.3. The van der Waals surface area contributed by atoms with E-state index in [1.807, 2.05) is 19.2 Å². The Balaban J connectivity index is 1.35. The lowest BCUT2D eigenvalue weighted by Gasteiger charge is -2.61. The van der Waals surface area contributed by atoms with Crippen molar-refractivity contribution in [3.8, 4) is 5.75 Å². The third kappa shape index (κ3) is 4.35. The normalized spacial score (nSPS) is 29.8. The van der Waals surface area contributed by atoms with Crippen molar-refractivity contribution in [3.05, 3.63) is 40.7 Å². The van der Waals surface area contributed by atoms with Gasteiger partial charge in [0.25, 0.3) is 0 Å². The van der Waals surface area contributed by atoms with E-state index in [0.29, 0.717) is 30.7 Å². The highest BCUT2D eigenvalue weighted by Gasteiger charge is 2.71. The first kappa shape index (κ1) is 28.4. The summed E-state index contributed by atoms with van der Waals surface area (Å²) in [6, 6.07) is 3.65. The van der Waals surface area contributed by atoms with Crippen molar-refractivity contribution in [3.63, 3.8) is 0 Å². The van der Waals surface area contributed by atoms with Crippen LogP contribution >= 0.6 is 0 Å². The maximum atomic E-state index is 13.1. The second-order valence-electron chi connectivity index (χ2n) is 12.1. The van der Waals surface area contributed by atoms with Gasteiger partial charge in [-0.25, -0.2) is 14.4 Å². The van der Waals surface area contributed by atoms with E-state index in [1.54, 1.807) is 26.8 Å². The van der Waals surface area contributed by atoms with Crippen LogP contribution in [0, 0.1) is 0 Å². The van der Waals surface area contributed by atoms with Gasteiger partial charge in [-0.1, -0.05) is 12.1 Å². The summed E-state index contributed by atoms with van der Waals surface area (Å²) < 4.78 is 27.4. The van der Waals surface area contributed by atoms with Crippen LogP contribution in [-0.4, -0.2) is 82.4 Å². The molecule has 11 heteroatoms. The number of rotatable bonds is 6. The fourth-order valence-electron chi connectivity index (χ4n) is 6.62. The Morgan fingerprint density at radius 3 is 2.52 bits per heavy atom. The van der Waals surface area contributed by atoms with Crippen molar-refractivity contribution < 1.29 is 48.3 Å². The summed E-state index contributed by atoms with van der Waals surface area (Å²) in [4.78, 5) is 39.6. The summed E-state index contributed by atoms with van der Waals surface area (Å²) in [6.45, 7) is 8.12. The number of likely N-dealkylation sites (N-methyl/N-ethyl adjacent to an activating group) is 1. The van der Waals surface area contributed by atoms with E-state index in [4.69, 9.17) is 23.7 Å². The Hall–Kier alpha value is -3.15. The number of carbonyl (C=O) groups is 3. The first-order chi connectivity index (χ1) is 18.7.